The molecule has 1 atom stereocenters. The van der Waals surface area contributed by atoms with Gasteiger partial charge in [0.05, 0.1) is 12.5 Å². The lowest BCUT2D eigenvalue weighted by Gasteiger charge is -2.18. The second kappa shape index (κ2) is 10.6. The maximum Gasteiger partial charge on any atom is 0.475 e. The number of benzene rings is 2. The Bertz CT molecular complexity index is 949. The summed E-state index contributed by atoms with van der Waals surface area (Å²) in [5.41, 5.74) is 1.63. The molecule has 0 bridgehead atoms. The van der Waals surface area contributed by atoms with Crippen LogP contribution in [0.2, 0.25) is 0 Å². The van der Waals surface area contributed by atoms with Crippen molar-refractivity contribution in [2.24, 2.45) is 0 Å². The third-order valence-corrected chi connectivity index (χ3v) is 4.44. The van der Waals surface area contributed by atoms with Gasteiger partial charge in [0.2, 0.25) is 5.91 Å². The minimum Gasteiger partial charge on any atom is -0.494 e. The molecule has 3 N–H and O–H groups in total. The van der Waals surface area contributed by atoms with E-state index in [0.29, 0.717) is 24.1 Å². The van der Waals surface area contributed by atoms with Crippen molar-refractivity contribution < 1.29 is 24.1 Å². The summed E-state index contributed by atoms with van der Waals surface area (Å²) in [6.45, 7) is 2.42. The Morgan fingerprint density at radius 1 is 1.20 bits per heavy atom. The number of rotatable bonds is 10. The van der Waals surface area contributed by atoms with Crippen molar-refractivity contribution in [2.45, 2.75) is 32.1 Å². The number of amides is 1. The van der Waals surface area contributed by atoms with Gasteiger partial charge in [0.15, 0.2) is 5.82 Å². The van der Waals surface area contributed by atoms with Crippen LogP contribution in [0.3, 0.4) is 0 Å². The molecule has 0 aliphatic rings. The second-order valence-electron chi connectivity index (χ2n) is 6.75. The van der Waals surface area contributed by atoms with Crippen molar-refractivity contribution in [3.8, 4) is 17.2 Å². The topological polar surface area (TPSA) is 118 Å². The average Bonchev–Trinajstić information content (AvgIpc) is 3.22. The molecule has 0 aliphatic heterocycles. The Balaban J connectivity index is 1.54. The monoisotopic (exact) mass is 409 g/mol. The molecule has 1 amide bonds. The number of carbonyl (C=O) groups is 1. The molecular formula is C21H24BN3O5. The maximum atomic E-state index is 12.3. The number of ether oxygens (including phenoxy) is 1. The molecule has 30 heavy (non-hydrogen) atoms. The van der Waals surface area contributed by atoms with E-state index in [1.807, 2.05) is 61.5 Å². The highest BCUT2D eigenvalue weighted by atomic mass is 16.5. The number of aryl methyl sites for hydroxylation is 1. The molecule has 1 aromatic heterocycles. The van der Waals surface area contributed by atoms with Gasteiger partial charge in [-0.3, -0.25) is 4.79 Å². The first-order valence-corrected chi connectivity index (χ1v) is 9.80. The molecule has 0 spiro atoms. The second-order valence-corrected chi connectivity index (χ2v) is 6.75. The molecule has 0 saturated carbocycles. The van der Waals surface area contributed by atoms with Gasteiger partial charge in [-0.25, -0.2) is 0 Å². The summed E-state index contributed by atoms with van der Waals surface area (Å²) in [7, 11) is -1.69. The molecule has 0 aliphatic carbocycles. The van der Waals surface area contributed by atoms with Gasteiger partial charge in [-0.05, 0) is 43.2 Å². The van der Waals surface area contributed by atoms with Crippen molar-refractivity contribution in [3.05, 3.63) is 66.0 Å². The van der Waals surface area contributed by atoms with Crippen LogP contribution in [0, 0.1) is 0 Å². The van der Waals surface area contributed by atoms with E-state index in [-0.39, 0.29) is 25.2 Å². The largest absolute Gasteiger partial charge is 0.494 e. The number of aromatic nitrogens is 2. The van der Waals surface area contributed by atoms with Crippen molar-refractivity contribution in [1.29, 1.82) is 0 Å². The van der Waals surface area contributed by atoms with Crippen LogP contribution in [0.5, 0.6) is 5.75 Å². The Morgan fingerprint density at radius 2 is 2.00 bits per heavy atom. The van der Waals surface area contributed by atoms with E-state index in [0.717, 1.165) is 11.1 Å². The molecule has 3 rings (SSSR count). The highest BCUT2D eigenvalue weighted by molar-refractivity contribution is 6.43. The zero-order valence-corrected chi connectivity index (χ0v) is 16.7. The fraction of sp³-hybridized carbons (Fsp3) is 0.286. The van der Waals surface area contributed by atoms with Gasteiger partial charge < -0.3 is 24.6 Å². The van der Waals surface area contributed by atoms with Gasteiger partial charge in [0, 0.05) is 18.4 Å². The van der Waals surface area contributed by atoms with Crippen LogP contribution in [0.15, 0.2) is 59.1 Å². The molecule has 156 valence electrons. The van der Waals surface area contributed by atoms with Gasteiger partial charge in [-0.15, -0.1) is 0 Å². The summed E-state index contributed by atoms with van der Waals surface area (Å²) >= 11 is 0. The summed E-state index contributed by atoms with van der Waals surface area (Å²) in [4.78, 5) is 16.6. The first-order valence-electron chi connectivity index (χ1n) is 9.80. The average molecular weight is 409 g/mol. The van der Waals surface area contributed by atoms with Crippen LogP contribution in [0.4, 0.5) is 0 Å². The van der Waals surface area contributed by atoms with E-state index in [1.54, 1.807) is 0 Å². The van der Waals surface area contributed by atoms with Gasteiger partial charge in [-0.2, -0.15) is 4.98 Å². The van der Waals surface area contributed by atoms with Crippen molar-refractivity contribution in [3.63, 3.8) is 0 Å². The Kier molecular flexibility index (Phi) is 7.59. The Labute approximate surface area is 175 Å². The van der Waals surface area contributed by atoms with Crippen LogP contribution >= 0.6 is 0 Å². The van der Waals surface area contributed by atoms with Gasteiger partial charge in [0.25, 0.3) is 5.89 Å². The van der Waals surface area contributed by atoms with E-state index >= 15 is 0 Å². The van der Waals surface area contributed by atoms with Gasteiger partial charge >= 0.3 is 7.12 Å². The molecule has 0 saturated heterocycles. The third kappa shape index (κ3) is 6.17. The van der Waals surface area contributed by atoms with Crippen molar-refractivity contribution in [2.75, 3.05) is 6.61 Å². The van der Waals surface area contributed by atoms with E-state index in [9.17, 15) is 14.8 Å². The zero-order valence-electron chi connectivity index (χ0n) is 16.7. The molecule has 2 aromatic carbocycles. The zero-order chi connectivity index (χ0) is 21.3. The van der Waals surface area contributed by atoms with Crippen LogP contribution < -0.4 is 10.1 Å². The predicted molar refractivity (Wildman–Crippen MR) is 111 cm³/mol. The highest BCUT2D eigenvalue weighted by Crippen LogP contribution is 2.17. The number of carbonyl (C=O) groups excluding carboxylic acids is 1. The molecule has 1 unspecified atom stereocenters. The molecule has 0 fully saturated rings. The van der Waals surface area contributed by atoms with E-state index in [1.165, 1.54) is 0 Å². The lowest BCUT2D eigenvalue weighted by Crippen LogP contribution is -2.48. The van der Waals surface area contributed by atoms with Crippen molar-refractivity contribution >= 4 is 13.0 Å². The summed E-state index contributed by atoms with van der Waals surface area (Å²) in [6.07, 6.45) is 0.622. The highest BCUT2D eigenvalue weighted by Gasteiger charge is 2.26. The summed E-state index contributed by atoms with van der Waals surface area (Å²) < 4.78 is 10.7. The third-order valence-electron chi connectivity index (χ3n) is 4.44. The number of hydrogen-bond donors (Lipinski definition) is 3. The molecule has 9 heteroatoms. The molecule has 8 nitrogen and oxygen atoms in total. The maximum absolute atomic E-state index is 12.3. The van der Waals surface area contributed by atoms with Crippen molar-refractivity contribution in [1.82, 2.24) is 15.5 Å². The van der Waals surface area contributed by atoms with Gasteiger partial charge in [0.1, 0.15) is 5.75 Å². The SMILES string of the molecule is CCOc1cccc(CC(NC(=O)CCc2noc(-c3ccccc3)n2)B(O)O)c1. The molecule has 0 radical (unpaired) electrons. The van der Waals surface area contributed by atoms with E-state index < -0.39 is 13.1 Å². The van der Waals surface area contributed by atoms with Crippen LogP contribution in [0.25, 0.3) is 11.5 Å². The fourth-order valence-electron chi connectivity index (χ4n) is 2.97. The van der Waals surface area contributed by atoms with E-state index in [2.05, 4.69) is 15.5 Å². The number of nitrogens with one attached hydrogen (secondary N) is 1. The quantitative estimate of drug-likeness (QED) is 0.437. The van der Waals surface area contributed by atoms with Gasteiger partial charge in [-0.1, -0.05) is 35.5 Å². The Morgan fingerprint density at radius 3 is 2.73 bits per heavy atom. The van der Waals surface area contributed by atoms with E-state index in [4.69, 9.17) is 9.26 Å². The summed E-state index contributed by atoms with van der Waals surface area (Å²) in [5, 5.41) is 25.9. The molecular weight excluding hydrogens is 385 g/mol. The Hall–Kier alpha value is -3.17. The first kappa shape index (κ1) is 21.5. The summed E-state index contributed by atoms with van der Waals surface area (Å²) in [6, 6.07) is 16.7. The standard InChI is InChI=1S/C21H24BN3O5/c1-2-29-17-10-6-7-15(13-17)14-18(22(27)28)23-20(26)12-11-19-24-21(30-25-19)16-8-4-3-5-9-16/h3-10,13,18,27-28H,2,11-12,14H2,1H3,(H,23,26). The smallest absolute Gasteiger partial charge is 0.475 e. The molecule has 3 aromatic rings. The lowest BCUT2D eigenvalue weighted by molar-refractivity contribution is -0.121. The summed E-state index contributed by atoms with van der Waals surface area (Å²) in [5.74, 6) is 0.317. The first-order chi connectivity index (χ1) is 14.5. The minimum atomic E-state index is -1.69. The predicted octanol–water partition coefficient (Wildman–Crippen LogP) is 1.81. The fourth-order valence-corrected chi connectivity index (χ4v) is 2.97. The minimum absolute atomic E-state index is 0.0932. The van der Waals surface area contributed by atoms with Crippen LogP contribution in [-0.2, 0) is 17.6 Å². The van der Waals surface area contributed by atoms with Crippen LogP contribution in [-0.4, -0.2) is 45.8 Å². The molecule has 1 heterocycles. The van der Waals surface area contributed by atoms with Crippen LogP contribution in [0.1, 0.15) is 24.7 Å². The number of nitrogens with zero attached hydrogens (tertiary/aromatic N) is 2. The number of hydrogen-bond acceptors (Lipinski definition) is 7. The lowest BCUT2D eigenvalue weighted by atomic mass is 9.76. The normalized spacial score (nSPS) is 11.7.